The smallest absolute Gasteiger partial charge is 0.312 e. The lowest BCUT2D eigenvalue weighted by atomic mass is 9.86. The summed E-state index contributed by atoms with van der Waals surface area (Å²) >= 11 is 0. The maximum atomic E-state index is 13.2. The number of amides is 3. The van der Waals surface area contributed by atoms with Crippen LogP contribution in [-0.4, -0.2) is 59.8 Å². The van der Waals surface area contributed by atoms with Crippen molar-refractivity contribution in [3.8, 4) is 5.75 Å². The van der Waals surface area contributed by atoms with E-state index in [9.17, 15) is 14.4 Å². The number of carbonyl (C=O) groups is 3. The number of nitrogens with zero attached hydrogens (tertiary/aromatic N) is 2. The van der Waals surface area contributed by atoms with Gasteiger partial charge in [0.2, 0.25) is 0 Å². The van der Waals surface area contributed by atoms with E-state index in [1.54, 1.807) is 4.90 Å². The Bertz CT molecular complexity index is 755. The van der Waals surface area contributed by atoms with E-state index in [2.05, 4.69) is 20.8 Å². The van der Waals surface area contributed by atoms with Gasteiger partial charge in [-0.25, -0.2) is 0 Å². The fourth-order valence-electron chi connectivity index (χ4n) is 3.59. The summed E-state index contributed by atoms with van der Waals surface area (Å²) in [5, 5.41) is 0. The van der Waals surface area contributed by atoms with Crippen molar-refractivity contribution in [3.63, 3.8) is 0 Å². The van der Waals surface area contributed by atoms with Crippen molar-refractivity contribution in [3.05, 3.63) is 29.3 Å². The first-order valence-corrected chi connectivity index (χ1v) is 9.66. The van der Waals surface area contributed by atoms with Crippen LogP contribution in [0.3, 0.4) is 0 Å². The zero-order chi connectivity index (χ0) is 21.1. The molecule has 3 amide bonds. The van der Waals surface area contributed by atoms with Gasteiger partial charge in [0.05, 0.1) is 18.2 Å². The Labute approximate surface area is 166 Å². The molecule has 7 nitrogen and oxygen atoms in total. The molecule has 0 aliphatic carbocycles. The highest BCUT2D eigenvalue weighted by molar-refractivity contribution is 6.34. The van der Waals surface area contributed by atoms with Crippen LogP contribution in [0, 0.1) is 12.3 Å². The van der Waals surface area contributed by atoms with Crippen LogP contribution in [0.4, 0.5) is 0 Å². The van der Waals surface area contributed by atoms with E-state index in [0.717, 1.165) is 5.56 Å². The second kappa shape index (κ2) is 8.63. The van der Waals surface area contributed by atoms with E-state index < -0.39 is 11.8 Å². The molecular formula is C21H31N3O4. The number of rotatable bonds is 4. The van der Waals surface area contributed by atoms with Gasteiger partial charge in [0.1, 0.15) is 5.75 Å². The third kappa shape index (κ3) is 5.24. The average Bonchev–Trinajstić information content (AvgIpc) is 2.60. The first-order valence-electron chi connectivity index (χ1n) is 9.66. The molecule has 2 rings (SSSR count). The highest BCUT2D eigenvalue weighted by Crippen LogP contribution is 2.28. The molecule has 1 saturated heterocycles. The van der Waals surface area contributed by atoms with Crippen LogP contribution in [0.5, 0.6) is 5.75 Å². The molecule has 1 atom stereocenters. The van der Waals surface area contributed by atoms with Gasteiger partial charge in [-0.2, -0.15) is 0 Å². The molecule has 0 spiro atoms. The SMILES string of the molecule is CCOc1ccc(C)cc1C(=O)N1CCN(C(=O)C(N)=O)C(CC(C)(C)C)C1. The normalized spacial score (nSPS) is 17.4. The van der Waals surface area contributed by atoms with Gasteiger partial charge in [-0.05, 0) is 37.8 Å². The Hall–Kier alpha value is -2.57. The monoisotopic (exact) mass is 389 g/mol. The number of hydrogen-bond donors (Lipinski definition) is 1. The van der Waals surface area contributed by atoms with Gasteiger partial charge in [0.25, 0.3) is 5.91 Å². The standard InChI is InChI=1S/C21H31N3O4/c1-6-28-17-8-7-14(2)11-16(17)19(26)23-9-10-24(20(27)18(22)25)15(13-23)12-21(3,4)5/h7-8,11,15H,6,9-10,12-13H2,1-5H3,(H2,22,25). The fraction of sp³-hybridized carbons (Fsp3) is 0.571. The number of hydrogen-bond acceptors (Lipinski definition) is 4. The van der Waals surface area contributed by atoms with Gasteiger partial charge in [-0.1, -0.05) is 32.4 Å². The summed E-state index contributed by atoms with van der Waals surface area (Å²) < 4.78 is 5.63. The molecular weight excluding hydrogens is 358 g/mol. The van der Waals surface area contributed by atoms with Crippen LogP contribution < -0.4 is 10.5 Å². The number of carbonyl (C=O) groups excluding carboxylic acids is 3. The molecule has 1 heterocycles. The molecule has 1 aromatic carbocycles. The molecule has 1 fully saturated rings. The zero-order valence-electron chi connectivity index (χ0n) is 17.4. The van der Waals surface area contributed by atoms with Crippen LogP contribution in [0.15, 0.2) is 18.2 Å². The first kappa shape index (κ1) is 21.7. The van der Waals surface area contributed by atoms with Crippen molar-refractivity contribution in [1.29, 1.82) is 0 Å². The predicted molar refractivity (Wildman–Crippen MR) is 107 cm³/mol. The number of nitrogens with two attached hydrogens (primary N) is 1. The zero-order valence-corrected chi connectivity index (χ0v) is 17.4. The third-order valence-electron chi connectivity index (χ3n) is 4.75. The summed E-state index contributed by atoms with van der Waals surface area (Å²) in [7, 11) is 0. The van der Waals surface area contributed by atoms with Crippen molar-refractivity contribution in [2.45, 2.75) is 47.1 Å². The summed E-state index contributed by atoms with van der Waals surface area (Å²) in [5.41, 5.74) is 6.64. The van der Waals surface area contributed by atoms with Crippen LogP contribution in [0.1, 0.15) is 50.0 Å². The minimum Gasteiger partial charge on any atom is -0.493 e. The minimum absolute atomic E-state index is 0.0767. The average molecular weight is 389 g/mol. The van der Waals surface area contributed by atoms with E-state index >= 15 is 0 Å². The van der Waals surface area contributed by atoms with Crippen molar-refractivity contribution in [2.75, 3.05) is 26.2 Å². The molecule has 0 bridgehead atoms. The van der Waals surface area contributed by atoms with Crippen molar-refractivity contribution in [2.24, 2.45) is 11.1 Å². The van der Waals surface area contributed by atoms with E-state index in [1.165, 1.54) is 4.90 Å². The molecule has 0 radical (unpaired) electrons. The lowest BCUT2D eigenvalue weighted by molar-refractivity contribution is -0.147. The van der Waals surface area contributed by atoms with Gasteiger partial charge >= 0.3 is 11.8 Å². The Balaban J connectivity index is 2.28. The highest BCUT2D eigenvalue weighted by atomic mass is 16.5. The van der Waals surface area contributed by atoms with E-state index in [1.807, 2.05) is 32.0 Å². The molecule has 28 heavy (non-hydrogen) atoms. The number of benzene rings is 1. The summed E-state index contributed by atoms with van der Waals surface area (Å²) in [6, 6.07) is 5.28. The molecule has 0 saturated carbocycles. The van der Waals surface area contributed by atoms with Crippen molar-refractivity contribution < 1.29 is 19.1 Å². The topological polar surface area (TPSA) is 92.9 Å². The summed E-state index contributed by atoms with van der Waals surface area (Å²) in [6.07, 6.45) is 0.655. The number of piperazine rings is 1. The van der Waals surface area contributed by atoms with E-state index in [-0.39, 0.29) is 23.9 Å². The molecule has 154 valence electrons. The third-order valence-corrected chi connectivity index (χ3v) is 4.75. The van der Waals surface area contributed by atoms with E-state index in [0.29, 0.717) is 37.4 Å². The van der Waals surface area contributed by atoms with Crippen molar-refractivity contribution >= 4 is 17.7 Å². The van der Waals surface area contributed by atoms with Crippen LogP contribution in [0.2, 0.25) is 0 Å². The minimum atomic E-state index is -0.962. The largest absolute Gasteiger partial charge is 0.493 e. The molecule has 1 aromatic rings. The molecule has 1 aliphatic rings. The van der Waals surface area contributed by atoms with E-state index in [4.69, 9.17) is 10.5 Å². The number of primary amides is 1. The van der Waals surface area contributed by atoms with Gasteiger partial charge in [0.15, 0.2) is 0 Å². The van der Waals surface area contributed by atoms with Crippen LogP contribution >= 0.6 is 0 Å². The fourth-order valence-corrected chi connectivity index (χ4v) is 3.59. The molecule has 2 N–H and O–H groups in total. The van der Waals surface area contributed by atoms with Gasteiger partial charge in [0, 0.05) is 19.6 Å². The Kier molecular flexibility index (Phi) is 6.69. The Morgan fingerprint density at radius 1 is 1.21 bits per heavy atom. The number of ether oxygens (including phenoxy) is 1. The Morgan fingerprint density at radius 2 is 1.89 bits per heavy atom. The van der Waals surface area contributed by atoms with Gasteiger partial charge in [-0.3, -0.25) is 14.4 Å². The van der Waals surface area contributed by atoms with Crippen LogP contribution in [-0.2, 0) is 9.59 Å². The van der Waals surface area contributed by atoms with Gasteiger partial charge < -0.3 is 20.3 Å². The van der Waals surface area contributed by atoms with Crippen molar-refractivity contribution in [1.82, 2.24) is 9.80 Å². The van der Waals surface area contributed by atoms with Crippen LogP contribution in [0.25, 0.3) is 0 Å². The molecule has 0 aromatic heterocycles. The summed E-state index contributed by atoms with van der Waals surface area (Å²) in [4.78, 5) is 40.2. The maximum absolute atomic E-state index is 13.2. The highest BCUT2D eigenvalue weighted by Gasteiger charge is 2.37. The molecule has 1 unspecified atom stereocenters. The summed E-state index contributed by atoms with van der Waals surface area (Å²) in [6.45, 7) is 11.4. The predicted octanol–water partition coefficient (Wildman–Crippen LogP) is 1.97. The second-order valence-electron chi connectivity index (χ2n) is 8.47. The lowest BCUT2D eigenvalue weighted by Crippen LogP contribution is -2.59. The van der Waals surface area contributed by atoms with Gasteiger partial charge in [-0.15, -0.1) is 0 Å². The molecule has 1 aliphatic heterocycles. The Morgan fingerprint density at radius 3 is 2.46 bits per heavy atom. The summed E-state index contributed by atoms with van der Waals surface area (Å²) in [5.74, 6) is -1.22. The maximum Gasteiger partial charge on any atom is 0.312 e. The lowest BCUT2D eigenvalue weighted by Gasteiger charge is -2.43. The quantitative estimate of drug-likeness (QED) is 0.797. The second-order valence-corrected chi connectivity index (χ2v) is 8.47. The molecule has 7 heteroatoms. The number of aryl methyl sites for hydroxylation is 1. The first-order chi connectivity index (χ1) is 13.0.